The predicted molar refractivity (Wildman–Crippen MR) is 109 cm³/mol. The van der Waals surface area contributed by atoms with Gasteiger partial charge in [0, 0.05) is 43.6 Å². The number of pyridine rings is 1. The van der Waals surface area contributed by atoms with Crippen molar-refractivity contribution in [1.29, 1.82) is 0 Å². The molecule has 3 amide bonds. The number of nitrogens with zero attached hydrogens (tertiary/aromatic N) is 3. The van der Waals surface area contributed by atoms with Crippen LogP contribution in [-0.4, -0.2) is 52.9 Å². The van der Waals surface area contributed by atoms with Crippen LogP contribution in [0.15, 0.2) is 36.7 Å². The van der Waals surface area contributed by atoms with Crippen molar-refractivity contribution in [2.45, 2.75) is 38.3 Å². The molecule has 6 nitrogen and oxygen atoms in total. The summed E-state index contributed by atoms with van der Waals surface area (Å²) in [6, 6.07) is 6.96. The third kappa shape index (κ3) is 3.57. The number of nitrogens with one attached hydrogen (secondary N) is 1. The van der Waals surface area contributed by atoms with E-state index in [4.69, 9.17) is 0 Å². The number of anilines is 1. The van der Waals surface area contributed by atoms with Crippen LogP contribution in [-0.2, 0) is 4.79 Å². The Balaban J connectivity index is 1.52. The van der Waals surface area contributed by atoms with Crippen molar-refractivity contribution in [2.24, 2.45) is 5.92 Å². The number of urea groups is 1. The fourth-order valence-corrected chi connectivity index (χ4v) is 4.51. The third-order valence-electron chi connectivity index (χ3n) is 6.04. The smallest absolute Gasteiger partial charge is 0.322 e. The first-order chi connectivity index (χ1) is 13.8. The summed E-state index contributed by atoms with van der Waals surface area (Å²) in [5, 5.41) is 2.96. The second kappa shape index (κ2) is 7.46. The third-order valence-corrected chi connectivity index (χ3v) is 6.04. The number of carbonyl (C=O) groups is 2. The molecule has 1 aromatic heterocycles. The topological polar surface area (TPSA) is 65.5 Å². The van der Waals surface area contributed by atoms with Gasteiger partial charge in [-0.3, -0.25) is 9.78 Å². The average molecular weight is 396 g/mol. The normalized spacial score (nSPS) is 22.6. The Morgan fingerprint density at radius 2 is 2.00 bits per heavy atom. The molecule has 0 radical (unpaired) electrons. The van der Waals surface area contributed by atoms with Gasteiger partial charge in [0.1, 0.15) is 5.82 Å². The van der Waals surface area contributed by atoms with E-state index in [1.165, 1.54) is 12.3 Å². The zero-order chi connectivity index (χ0) is 20.7. The van der Waals surface area contributed by atoms with Crippen LogP contribution in [0.25, 0.3) is 11.1 Å². The summed E-state index contributed by atoms with van der Waals surface area (Å²) in [6.45, 7) is 1.93. The SMILES string of the molecule is Cc1ccc(NC(=O)N2[C@H]3CC[C@H](C(=O)N(C)C)[C@@H]2C3)cc1-c1cncc(F)c1. The van der Waals surface area contributed by atoms with Crippen LogP contribution in [0.5, 0.6) is 0 Å². The van der Waals surface area contributed by atoms with Gasteiger partial charge in [0.2, 0.25) is 5.91 Å². The first-order valence-electron chi connectivity index (χ1n) is 9.87. The number of rotatable bonds is 3. The Hall–Kier alpha value is -2.96. The molecule has 3 heterocycles. The lowest BCUT2D eigenvalue weighted by Crippen LogP contribution is -2.67. The van der Waals surface area contributed by atoms with Gasteiger partial charge >= 0.3 is 6.03 Å². The van der Waals surface area contributed by atoms with Crippen molar-refractivity contribution in [2.75, 3.05) is 19.4 Å². The quantitative estimate of drug-likeness (QED) is 0.861. The molecular formula is C22H25FN4O2. The maximum atomic E-state index is 13.6. The fraction of sp³-hybridized carbons (Fsp3) is 0.409. The van der Waals surface area contributed by atoms with Crippen LogP contribution in [0.1, 0.15) is 24.8 Å². The largest absolute Gasteiger partial charge is 0.349 e. The molecule has 0 aliphatic carbocycles. The minimum Gasteiger partial charge on any atom is -0.349 e. The molecule has 2 fully saturated rings. The molecule has 2 aliphatic rings. The van der Waals surface area contributed by atoms with Gasteiger partial charge in [-0.2, -0.15) is 0 Å². The van der Waals surface area contributed by atoms with Crippen molar-refractivity contribution >= 4 is 17.6 Å². The maximum Gasteiger partial charge on any atom is 0.322 e. The number of hydrogen-bond acceptors (Lipinski definition) is 3. The Kier molecular flexibility index (Phi) is 4.98. The molecule has 7 heteroatoms. The molecule has 0 saturated carbocycles. The first-order valence-corrected chi connectivity index (χ1v) is 9.87. The number of amides is 3. The lowest BCUT2D eigenvalue weighted by Gasteiger charge is -2.55. The molecule has 1 N–H and O–H groups in total. The van der Waals surface area contributed by atoms with Crippen molar-refractivity contribution in [3.63, 3.8) is 0 Å². The van der Waals surface area contributed by atoms with Gasteiger partial charge in [-0.1, -0.05) is 6.07 Å². The minimum atomic E-state index is -0.402. The van der Waals surface area contributed by atoms with Crippen molar-refractivity contribution in [3.05, 3.63) is 48.0 Å². The van der Waals surface area contributed by atoms with E-state index in [0.29, 0.717) is 11.3 Å². The number of halogens is 1. The van der Waals surface area contributed by atoms with Gasteiger partial charge in [-0.25, -0.2) is 9.18 Å². The summed E-state index contributed by atoms with van der Waals surface area (Å²) in [6.07, 6.45) is 5.33. The second-order valence-corrected chi connectivity index (χ2v) is 8.13. The number of piperidine rings is 1. The Bertz CT molecular complexity index is 960. The maximum absolute atomic E-state index is 13.6. The minimum absolute atomic E-state index is 0.0408. The van der Waals surface area contributed by atoms with Crippen molar-refractivity contribution in [3.8, 4) is 11.1 Å². The Labute approximate surface area is 169 Å². The van der Waals surface area contributed by atoms with E-state index in [-0.39, 0.29) is 29.9 Å². The van der Waals surface area contributed by atoms with Gasteiger partial charge in [-0.15, -0.1) is 0 Å². The molecular weight excluding hydrogens is 371 g/mol. The number of carbonyl (C=O) groups excluding carboxylic acids is 2. The molecule has 0 spiro atoms. The van der Waals surface area contributed by atoms with Gasteiger partial charge in [-0.05, 0) is 55.5 Å². The molecule has 29 heavy (non-hydrogen) atoms. The fourth-order valence-electron chi connectivity index (χ4n) is 4.51. The molecule has 2 aromatic rings. The van der Waals surface area contributed by atoms with Crippen molar-refractivity contribution < 1.29 is 14.0 Å². The average Bonchev–Trinajstić information content (AvgIpc) is 2.68. The van der Waals surface area contributed by atoms with Crippen LogP contribution in [0.4, 0.5) is 14.9 Å². The zero-order valence-corrected chi connectivity index (χ0v) is 16.9. The summed E-state index contributed by atoms with van der Waals surface area (Å²) in [4.78, 5) is 32.7. The van der Waals surface area contributed by atoms with E-state index < -0.39 is 5.82 Å². The van der Waals surface area contributed by atoms with Gasteiger partial charge in [0.05, 0.1) is 12.1 Å². The zero-order valence-electron chi connectivity index (χ0n) is 16.9. The number of aromatic nitrogens is 1. The molecule has 4 rings (SSSR count). The van der Waals surface area contributed by atoms with Crippen LogP contribution >= 0.6 is 0 Å². The number of fused-ring (bicyclic) bond motifs is 2. The molecule has 2 aliphatic heterocycles. The highest BCUT2D eigenvalue weighted by molar-refractivity contribution is 5.92. The molecule has 2 saturated heterocycles. The van der Waals surface area contributed by atoms with Crippen LogP contribution in [0.2, 0.25) is 0 Å². The predicted octanol–water partition coefficient (Wildman–Crippen LogP) is 3.67. The van der Waals surface area contributed by atoms with E-state index in [1.54, 1.807) is 25.2 Å². The lowest BCUT2D eigenvalue weighted by molar-refractivity contribution is -0.142. The number of aryl methyl sites for hydroxylation is 1. The Morgan fingerprint density at radius 1 is 1.21 bits per heavy atom. The number of hydrogen-bond donors (Lipinski definition) is 1. The second-order valence-electron chi connectivity index (χ2n) is 8.13. The summed E-state index contributed by atoms with van der Waals surface area (Å²) in [5.74, 6) is -0.448. The van der Waals surface area contributed by atoms with E-state index in [2.05, 4.69) is 10.3 Å². The monoisotopic (exact) mass is 396 g/mol. The first kappa shape index (κ1) is 19.4. The lowest BCUT2D eigenvalue weighted by atomic mass is 9.72. The highest BCUT2D eigenvalue weighted by Gasteiger charge is 2.52. The highest BCUT2D eigenvalue weighted by Crippen LogP contribution is 2.43. The summed E-state index contributed by atoms with van der Waals surface area (Å²) >= 11 is 0. The molecule has 1 aromatic carbocycles. The molecule has 2 bridgehead atoms. The van der Waals surface area contributed by atoms with E-state index in [0.717, 1.165) is 30.4 Å². The van der Waals surface area contributed by atoms with E-state index in [9.17, 15) is 14.0 Å². The molecule has 152 valence electrons. The van der Waals surface area contributed by atoms with Crippen molar-refractivity contribution in [1.82, 2.24) is 14.8 Å². The van der Waals surface area contributed by atoms with Crippen LogP contribution in [0, 0.1) is 18.7 Å². The van der Waals surface area contributed by atoms with Gasteiger partial charge < -0.3 is 15.1 Å². The molecule has 0 unspecified atom stereocenters. The summed E-state index contributed by atoms with van der Waals surface area (Å²) < 4.78 is 13.6. The van der Waals surface area contributed by atoms with Gasteiger partial charge in [0.15, 0.2) is 0 Å². The summed E-state index contributed by atoms with van der Waals surface area (Å²) in [7, 11) is 3.51. The Morgan fingerprint density at radius 3 is 2.69 bits per heavy atom. The van der Waals surface area contributed by atoms with Gasteiger partial charge in [0.25, 0.3) is 0 Å². The van der Waals surface area contributed by atoms with E-state index in [1.807, 2.05) is 30.0 Å². The number of benzene rings is 1. The molecule has 3 atom stereocenters. The van der Waals surface area contributed by atoms with Crippen LogP contribution in [0.3, 0.4) is 0 Å². The summed E-state index contributed by atoms with van der Waals surface area (Å²) in [5.41, 5.74) is 3.09. The van der Waals surface area contributed by atoms with Crippen LogP contribution < -0.4 is 5.32 Å². The standard InChI is InChI=1S/C22H25FN4O2/c1-13-4-5-16(9-19(13)14-8-15(23)12-24-11-14)25-22(29)27-17-6-7-18(20(27)10-17)21(28)26(2)3/h4-5,8-9,11-12,17-18,20H,6-7,10H2,1-3H3,(H,25,29)/t17-,18-,20-/m0/s1. The highest BCUT2D eigenvalue weighted by atomic mass is 19.1. The van der Waals surface area contributed by atoms with E-state index >= 15 is 0 Å².